The zero-order valence-electron chi connectivity index (χ0n) is 11.0. The second kappa shape index (κ2) is 6.38. The van der Waals surface area contributed by atoms with Crippen molar-refractivity contribution < 1.29 is 4.74 Å². The van der Waals surface area contributed by atoms with Crippen LogP contribution in [0.25, 0.3) is 0 Å². The van der Waals surface area contributed by atoms with E-state index in [0.717, 1.165) is 18.7 Å². The fraction of sp³-hybridized carbons (Fsp3) is 0.286. The Hall–Kier alpha value is -1.81. The Kier molecular flexibility index (Phi) is 4.58. The van der Waals surface area contributed by atoms with Crippen molar-refractivity contribution in [1.82, 2.24) is 9.97 Å². The third kappa shape index (κ3) is 3.83. The molecule has 0 saturated carbocycles. The van der Waals surface area contributed by atoms with Gasteiger partial charge in [-0.3, -0.25) is 0 Å². The first-order valence-electron chi connectivity index (χ1n) is 6.21. The van der Waals surface area contributed by atoms with Crippen LogP contribution >= 0.6 is 11.6 Å². The van der Waals surface area contributed by atoms with E-state index in [2.05, 4.69) is 22.2 Å². The van der Waals surface area contributed by atoms with Crippen LogP contribution < -0.4 is 10.1 Å². The van der Waals surface area contributed by atoms with Crippen molar-refractivity contribution >= 4 is 17.5 Å². The SMILES string of the molecule is CCCNc1nc(C)cc(Oc2ccccc2Cl)n1. The van der Waals surface area contributed by atoms with Crippen molar-refractivity contribution in [3.8, 4) is 11.6 Å². The molecule has 0 saturated heterocycles. The van der Waals surface area contributed by atoms with Gasteiger partial charge < -0.3 is 10.1 Å². The lowest BCUT2D eigenvalue weighted by Crippen LogP contribution is -2.05. The standard InChI is InChI=1S/C14H16ClN3O/c1-3-8-16-14-17-10(2)9-13(18-14)19-12-7-5-4-6-11(12)15/h4-7,9H,3,8H2,1-2H3,(H,16,17,18). The third-order valence-corrected chi connectivity index (χ3v) is 2.73. The monoisotopic (exact) mass is 277 g/mol. The molecule has 2 rings (SSSR count). The van der Waals surface area contributed by atoms with Crippen molar-refractivity contribution in [2.24, 2.45) is 0 Å². The number of nitrogens with zero attached hydrogens (tertiary/aromatic N) is 2. The fourth-order valence-electron chi connectivity index (χ4n) is 1.55. The Bertz CT molecular complexity index is 560. The molecule has 0 aliphatic heterocycles. The Morgan fingerprint density at radius 1 is 1.26 bits per heavy atom. The number of hydrogen-bond acceptors (Lipinski definition) is 4. The summed E-state index contributed by atoms with van der Waals surface area (Å²) >= 11 is 6.05. The lowest BCUT2D eigenvalue weighted by atomic mass is 10.3. The number of aromatic nitrogens is 2. The second-order valence-electron chi connectivity index (χ2n) is 4.13. The lowest BCUT2D eigenvalue weighted by Gasteiger charge is -2.09. The Morgan fingerprint density at radius 3 is 2.79 bits per heavy atom. The lowest BCUT2D eigenvalue weighted by molar-refractivity contribution is 0.462. The molecule has 0 amide bonds. The van der Waals surface area contributed by atoms with Gasteiger partial charge in [-0.25, -0.2) is 4.98 Å². The normalized spacial score (nSPS) is 10.3. The molecule has 0 fully saturated rings. The topological polar surface area (TPSA) is 47.0 Å². The quantitative estimate of drug-likeness (QED) is 0.895. The van der Waals surface area contributed by atoms with E-state index in [1.54, 1.807) is 18.2 Å². The molecule has 0 aliphatic rings. The summed E-state index contributed by atoms with van der Waals surface area (Å²) in [4.78, 5) is 8.60. The van der Waals surface area contributed by atoms with Gasteiger partial charge in [0.1, 0.15) is 5.75 Å². The molecule has 0 bridgehead atoms. The molecule has 2 aromatic rings. The highest BCUT2D eigenvalue weighted by Gasteiger charge is 2.06. The maximum Gasteiger partial charge on any atom is 0.226 e. The molecular weight excluding hydrogens is 262 g/mol. The van der Waals surface area contributed by atoms with Crippen LogP contribution in [0, 0.1) is 6.92 Å². The van der Waals surface area contributed by atoms with Gasteiger partial charge in [-0.05, 0) is 25.5 Å². The molecule has 0 atom stereocenters. The highest BCUT2D eigenvalue weighted by molar-refractivity contribution is 6.32. The number of nitrogens with one attached hydrogen (secondary N) is 1. The average Bonchev–Trinajstić information content (AvgIpc) is 2.38. The van der Waals surface area contributed by atoms with Crippen LogP contribution in [0.1, 0.15) is 19.0 Å². The highest BCUT2D eigenvalue weighted by atomic mass is 35.5. The fourth-order valence-corrected chi connectivity index (χ4v) is 1.72. The number of hydrogen-bond donors (Lipinski definition) is 1. The van der Waals surface area contributed by atoms with Crippen molar-refractivity contribution in [3.63, 3.8) is 0 Å². The Balaban J connectivity index is 2.20. The first-order chi connectivity index (χ1) is 9.19. The molecule has 0 radical (unpaired) electrons. The largest absolute Gasteiger partial charge is 0.437 e. The Labute approximate surface area is 117 Å². The van der Waals surface area contributed by atoms with E-state index in [9.17, 15) is 0 Å². The van der Waals surface area contributed by atoms with Gasteiger partial charge in [0.25, 0.3) is 0 Å². The van der Waals surface area contributed by atoms with E-state index in [-0.39, 0.29) is 0 Å². The molecule has 0 spiro atoms. The molecule has 1 heterocycles. The molecule has 4 nitrogen and oxygen atoms in total. The number of rotatable bonds is 5. The minimum Gasteiger partial charge on any atom is -0.437 e. The van der Waals surface area contributed by atoms with Crippen molar-refractivity contribution in [2.75, 3.05) is 11.9 Å². The van der Waals surface area contributed by atoms with Crippen molar-refractivity contribution in [1.29, 1.82) is 0 Å². The predicted octanol–water partition coefficient (Wildman–Crippen LogP) is 4.05. The highest BCUT2D eigenvalue weighted by Crippen LogP contribution is 2.28. The van der Waals surface area contributed by atoms with Crippen LogP contribution in [0.5, 0.6) is 11.6 Å². The van der Waals surface area contributed by atoms with Crippen LogP contribution in [0.2, 0.25) is 5.02 Å². The number of halogens is 1. The molecular formula is C14H16ClN3O. The van der Waals surface area contributed by atoms with Crippen LogP contribution in [-0.4, -0.2) is 16.5 Å². The molecule has 1 N–H and O–H groups in total. The molecule has 19 heavy (non-hydrogen) atoms. The smallest absolute Gasteiger partial charge is 0.226 e. The summed E-state index contributed by atoms with van der Waals surface area (Å²) in [5.74, 6) is 1.65. The first-order valence-corrected chi connectivity index (χ1v) is 6.58. The minimum absolute atomic E-state index is 0.485. The van der Waals surface area contributed by atoms with Crippen LogP contribution in [0.15, 0.2) is 30.3 Å². The molecule has 1 aromatic carbocycles. The summed E-state index contributed by atoms with van der Waals surface area (Å²) in [6.07, 6.45) is 1.01. The summed E-state index contributed by atoms with van der Waals surface area (Å²) in [6.45, 7) is 4.82. The molecule has 100 valence electrons. The predicted molar refractivity (Wildman–Crippen MR) is 77.1 cm³/mol. The molecule has 5 heteroatoms. The summed E-state index contributed by atoms with van der Waals surface area (Å²) < 4.78 is 5.69. The van der Waals surface area contributed by atoms with Gasteiger partial charge in [-0.15, -0.1) is 0 Å². The van der Waals surface area contributed by atoms with Gasteiger partial charge in [0.15, 0.2) is 0 Å². The van der Waals surface area contributed by atoms with E-state index < -0.39 is 0 Å². The van der Waals surface area contributed by atoms with Gasteiger partial charge >= 0.3 is 0 Å². The van der Waals surface area contributed by atoms with Crippen molar-refractivity contribution in [3.05, 3.63) is 41.0 Å². The van der Waals surface area contributed by atoms with Crippen LogP contribution in [0.4, 0.5) is 5.95 Å². The number of para-hydroxylation sites is 1. The average molecular weight is 278 g/mol. The summed E-state index contributed by atoms with van der Waals surface area (Å²) in [5.41, 5.74) is 0.843. The van der Waals surface area contributed by atoms with E-state index in [1.807, 2.05) is 19.1 Å². The minimum atomic E-state index is 0.485. The molecule has 0 unspecified atom stereocenters. The third-order valence-electron chi connectivity index (χ3n) is 2.42. The number of anilines is 1. The summed E-state index contributed by atoms with van der Waals surface area (Å²) in [6, 6.07) is 9.08. The van der Waals surface area contributed by atoms with E-state index in [1.165, 1.54) is 0 Å². The van der Waals surface area contributed by atoms with Gasteiger partial charge in [0, 0.05) is 18.3 Å². The summed E-state index contributed by atoms with van der Waals surface area (Å²) in [5, 5.41) is 3.70. The van der Waals surface area contributed by atoms with E-state index >= 15 is 0 Å². The van der Waals surface area contributed by atoms with Gasteiger partial charge in [-0.2, -0.15) is 4.98 Å². The zero-order chi connectivity index (χ0) is 13.7. The zero-order valence-corrected chi connectivity index (χ0v) is 11.7. The second-order valence-corrected chi connectivity index (χ2v) is 4.54. The number of ether oxygens (including phenoxy) is 1. The van der Waals surface area contributed by atoms with Crippen LogP contribution in [-0.2, 0) is 0 Å². The van der Waals surface area contributed by atoms with Gasteiger partial charge in [0.2, 0.25) is 11.8 Å². The van der Waals surface area contributed by atoms with E-state index in [0.29, 0.717) is 22.6 Å². The van der Waals surface area contributed by atoms with Crippen molar-refractivity contribution in [2.45, 2.75) is 20.3 Å². The number of benzene rings is 1. The van der Waals surface area contributed by atoms with Gasteiger partial charge in [-0.1, -0.05) is 30.7 Å². The maximum absolute atomic E-state index is 6.05. The van der Waals surface area contributed by atoms with Crippen LogP contribution in [0.3, 0.4) is 0 Å². The molecule has 1 aromatic heterocycles. The molecule has 0 aliphatic carbocycles. The summed E-state index contributed by atoms with van der Waals surface area (Å²) in [7, 11) is 0. The van der Waals surface area contributed by atoms with Gasteiger partial charge in [0.05, 0.1) is 5.02 Å². The number of aryl methyl sites for hydroxylation is 1. The van der Waals surface area contributed by atoms with E-state index in [4.69, 9.17) is 16.3 Å². The maximum atomic E-state index is 6.05. The Morgan fingerprint density at radius 2 is 2.05 bits per heavy atom. The first kappa shape index (κ1) is 13.6.